The zero-order valence-corrected chi connectivity index (χ0v) is 12.0. The van der Waals surface area contributed by atoms with Gasteiger partial charge in [0.1, 0.15) is 11.6 Å². The monoisotopic (exact) mass is 311 g/mol. The molecule has 0 bridgehead atoms. The minimum atomic E-state index is -0.241. The Morgan fingerprint density at radius 2 is 1.89 bits per heavy atom. The predicted octanol–water partition coefficient (Wildman–Crippen LogP) is 3.64. The Hall–Kier alpha value is -1.23. The molecule has 0 saturated heterocycles. The van der Waals surface area contributed by atoms with Gasteiger partial charge in [-0.25, -0.2) is 4.39 Å². The van der Waals surface area contributed by atoms with Gasteiger partial charge in [0.25, 0.3) is 0 Å². The first-order valence-corrected chi connectivity index (χ1v) is 6.98. The van der Waals surface area contributed by atoms with Gasteiger partial charge < -0.3 is 4.57 Å². The normalized spacial score (nSPS) is 11.2. The molecule has 0 radical (unpaired) electrons. The lowest BCUT2D eigenvalue weighted by molar-refractivity contribution is 0.516. The average molecular weight is 312 g/mol. The fraction of sp³-hybridized carbons (Fsp3) is 0.385. The molecule has 0 spiro atoms. The molecule has 0 unspecified atom stereocenters. The molecule has 0 aliphatic carbocycles. The van der Waals surface area contributed by atoms with Gasteiger partial charge in [-0.05, 0) is 30.2 Å². The van der Waals surface area contributed by atoms with Gasteiger partial charge in [-0.15, -0.1) is 10.2 Å². The maximum absolute atomic E-state index is 12.9. The SMILES string of the molecule is CC(C)Cn1c(CBr)nnc1-c1ccc(F)cc1. The van der Waals surface area contributed by atoms with Gasteiger partial charge in [-0.2, -0.15) is 0 Å². The second kappa shape index (κ2) is 5.61. The molecule has 96 valence electrons. The van der Waals surface area contributed by atoms with Crippen LogP contribution in [0.5, 0.6) is 0 Å². The van der Waals surface area contributed by atoms with Crippen molar-refractivity contribution >= 4 is 15.9 Å². The maximum Gasteiger partial charge on any atom is 0.163 e. The second-order valence-corrected chi connectivity index (χ2v) is 5.15. The first kappa shape index (κ1) is 13.2. The van der Waals surface area contributed by atoms with Crippen LogP contribution in [-0.4, -0.2) is 14.8 Å². The number of rotatable bonds is 4. The molecule has 1 aromatic carbocycles. The van der Waals surface area contributed by atoms with Gasteiger partial charge in [0, 0.05) is 12.1 Å². The Kier molecular flexibility index (Phi) is 4.11. The third kappa shape index (κ3) is 2.77. The average Bonchev–Trinajstić information content (AvgIpc) is 2.72. The number of halogens is 2. The standard InChI is InChI=1S/C13H15BrFN3/c1-9(2)8-18-12(7-14)16-17-13(18)10-3-5-11(15)6-4-10/h3-6,9H,7-8H2,1-2H3. The summed E-state index contributed by atoms with van der Waals surface area (Å²) < 4.78 is 15.0. The van der Waals surface area contributed by atoms with Crippen molar-refractivity contribution in [2.45, 2.75) is 25.7 Å². The molecule has 0 aliphatic rings. The summed E-state index contributed by atoms with van der Waals surface area (Å²) in [6.07, 6.45) is 0. The highest BCUT2D eigenvalue weighted by Gasteiger charge is 2.13. The molecular weight excluding hydrogens is 297 g/mol. The first-order valence-electron chi connectivity index (χ1n) is 5.85. The molecule has 18 heavy (non-hydrogen) atoms. The Labute approximate surface area is 114 Å². The quantitative estimate of drug-likeness (QED) is 0.807. The molecule has 0 atom stereocenters. The molecule has 1 aromatic heterocycles. The molecule has 1 heterocycles. The fourth-order valence-electron chi connectivity index (χ4n) is 1.80. The van der Waals surface area contributed by atoms with Crippen LogP contribution in [0.3, 0.4) is 0 Å². The van der Waals surface area contributed by atoms with Crippen molar-refractivity contribution in [3.63, 3.8) is 0 Å². The largest absolute Gasteiger partial charge is 0.310 e. The highest BCUT2D eigenvalue weighted by molar-refractivity contribution is 9.08. The van der Waals surface area contributed by atoms with E-state index in [-0.39, 0.29) is 5.82 Å². The minimum Gasteiger partial charge on any atom is -0.310 e. The maximum atomic E-state index is 12.9. The summed E-state index contributed by atoms with van der Waals surface area (Å²) in [4.78, 5) is 0. The Morgan fingerprint density at radius 1 is 1.22 bits per heavy atom. The lowest BCUT2D eigenvalue weighted by atomic mass is 10.2. The topological polar surface area (TPSA) is 30.7 Å². The van der Waals surface area contributed by atoms with E-state index in [4.69, 9.17) is 0 Å². The zero-order valence-electron chi connectivity index (χ0n) is 10.4. The van der Waals surface area contributed by atoms with Crippen LogP contribution in [0.1, 0.15) is 19.7 Å². The van der Waals surface area contributed by atoms with Crippen LogP contribution in [0.2, 0.25) is 0 Å². The van der Waals surface area contributed by atoms with Crippen molar-refractivity contribution in [1.82, 2.24) is 14.8 Å². The third-order valence-electron chi connectivity index (χ3n) is 2.60. The molecule has 0 N–H and O–H groups in total. The van der Waals surface area contributed by atoms with Gasteiger partial charge >= 0.3 is 0 Å². The summed E-state index contributed by atoms with van der Waals surface area (Å²) in [5.74, 6) is 1.94. The summed E-state index contributed by atoms with van der Waals surface area (Å²) in [6.45, 7) is 5.14. The van der Waals surface area contributed by atoms with Crippen molar-refractivity contribution in [2.24, 2.45) is 5.92 Å². The van der Waals surface area contributed by atoms with Crippen LogP contribution >= 0.6 is 15.9 Å². The van der Waals surface area contributed by atoms with Gasteiger partial charge in [0.2, 0.25) is 0 Å². The molecule has 5 heteroatoms. The number of aromatic nitrogens is 3. The van der Waals surface area contributed by atoms with E-state index in [1.165, 1.54) is 12.1 Å². The number of alkyl halides is 1. The summed E-state index contributed by atoms with van der Waals surface area (Å²) in [5.41, 5.74) is 0.886. The third-order valence-corrected chi connectivity index (χ3v) is 3.10. The fourth-order valence-corrected chi connectivity index (χ4v) is 2.22. The summed E-state index contributed by atoms with van der Waals surface area (Å²) in [7, 11) is 0. The van der Waals surface area contributed by atoms with Gasteiger partial charge in [0.15, 0.2) is 5.82 Å². The van der Waals surface area contributed by atoms with Gasteiger partial charge in [-0.3, -0.25) is 0 Å². The smallest absolute Gasteiger partial charge is 0.163 e. The molecule has 0 amide bonds. The highest BCUT2D eigenvalue weighted by atomic mass is 79.9. The lowest BCUT2D eigenvalue weighted by Gasteiger charge is -2.11. The highest BCUT2D eigenvalue weighted by Crippen LogP contribution is 2.21. The van der Waals surface area contributed by atoms with E-state index < -0.39 is 0 Å². The summed E-state index contributed by atoms with van der Waals surface area (Å²) >= 11 is 3.41. The van der Waals surface area contributed by atoms with E-state index in [1.807, 2.05) is 0 Å². The van der Waals surface area contributed by atoms with E-state index in [9.17, 15) is 4.39 Å². The minimum absolute atomic E-state index is 0.241. The Bertz CT molecular complexity index is 520. The number of nitrogens with zero attached hydrogens (tertiary/aromatic N) is 3. The van der Waals surface area contributed by atoms with E-state index in [0.717, 1.165) is 23.8 Å². The molecular formula is C13H15BrFN3. The Morgan fingerprint density at radius 3 is 2.44 bits per heavy atom. The molecule has 0 saturated carbocycles. The van der Waals surface area contributed by atoms with Crippen molar-refractivity contribution in [2.75, 3.05) is 0 Å². The predicted molar refractivity (Wildman–Crippen MR) is 72.9 cm³/mol. The van der Waals surface area contributed by atoms with Gasteiger partial charge in [-0.1, -0.05) is 29.8 Å². The molecule has 0 aliphatic heterocycles. The van der Waals surface area contributed by atoms with Crippen LogP contribution in [0.15, 0.2) is 24.3 Å². The van der Waals surface area contributed by atoms with Crippen LogP contribution < -0.4 is 0 Å². The van der Waals surface area contributed by atoms with Crippen LogP contribution in [0, 0.1) is 11.7 Å². The van der Waals surface area contributed by atoms with E-state index in [1.54, 1.807) is 12.1 Å². The van der Waals surface area contributed by atoms with Crippen LogP contribution in [-0.2, 0) is 11.9 Å². The van der Waals surface area contributed by atoms with E-state index in [0.29, 0.717) is 11.2 Å². The van der Waals surface area contributed by atoms with Crippen molar-refractivity contribution in [3.05, 3.63) is 35.9 Å². The Balaban J connectivity index is 2.43. The van der Waals surface area contributed by atoms with E-state index in [2.05, 4.69) is 44.5 Å². The van der Waals surface area contributed by atoms with Crippen LogP contribution in [0.4, 0.5) is 4.39 Å². The number of benzene rings is 1. The first-order chi connectivity index (χ1) is 8.61. The van der Waals surface area contributed by atoms with Crippen LogP contribution in [0.25, 0.3) is 11.4 Å². The molecule has 3 nitrogen and oxygen atoms in total. The van der Waals surface area contributed by atoms with Crippen molar-refractivity contribution in [1.29, 1.82) is 0 Å². The molecule has 2 rings (SSSR count). The molecule has 0 fully saturated rings. The lowest BCUT2D eigenvalue weighted by Crippen LogP contribution is -2.09. The van der Waals surface area contributed by atoms with Crippen molar-refractivity contribution < 1.29 is 4.39 Å². The van der Waals surface area contributed by atoms with Crippen molar-refractivity contribution in [3.8, 4) is 11.4 Å². The molecule has 2 aromatic rings. The summed E-state index contributed by atoms with van der Waals surface area (Å²) in [6, 6.07) is 6.34. The van der Waals surface area contributed by atoms with Gasteiger partial charge in [0.05, 0.1) is 5.33 Å². The number of hydrogen-bond acceptors (Lipinski definition) is 2. The summed E-state index contributed by atoms with van der Waals surface area (Å²) in [5, 5.41) is 9.02. The second-order valence-electron chi connectivity index (χ2n) is 4.58. The van der Waals surface area contributed by atoms with E-state index >= 15 is 0 Å². The number of hydrogen-bond donors (Lipinski definition) is 0. The zero-order chi connectivity index (χ0) is 13.1.